The second-order valence-corrected chi connectivity index (χ2v) is 5.85. The molecule has 0 spiro atoms. The molecule has 0 aromatic carbocycles. The highest BCUT2D eigenvalue weighted by Crippen LogP contribution is 2.23. The van der Waals surface area contributed by atoms with E-state index in [1.807, 2.05) is 19.1 Å². The van der Waals surface area contributed by atoms with Gasteiger partial charge in [0, 0.05) is 24.9 Å². The molecule has 0 bridgehead atoms. The van der Waals surface area contributed by atoms with Crippen LogP contribution in [-0.4, -0.2) is 30.3 Å². The molecule has 1 aromatic heterocycles. The Hall–Kier alpha value is -1.13. The maximum Gasteiger partial charge on any atom is 0.142 e. The standard InChI is InChI=1S/C16H24N2O2/c1-12-5-8-16(15(18-12)10-17-13-6-7-13)20-11-14-4-2-3-9-19-14/h5,8,13-14,17H,2-4,6-7,9-11H2,1H3. The minimum absolute atomic E-state index is 0.245. The Morgan fingerprint density at radius 3 is 2.95 bits per heavy atom. The van der Waals surface area contributed by atoms with Gasteiger partial charge in [-0.3, -0.25) is 4.98 Å². The first-order chi connectivity index (χ1) is 9.81. The summed E-state index contributed by atoms with van der Waals surface area (Å²) in [6.07, 6.45) is 6.36. The van der Waals surface area contributed by atoms with Crippen LogP contribution in [0.15, 0.2) is 12.1 Å². The molecule has 1 aliphatic heterocycles. The Kier molecular flexibility index (Phi) is 4.53. The lowest BCUT2D eigenvalue weighted by molar-refractivity contribution is -0.0113. The van der Waals surface area contributed by atoms with Crippen molar-refractivity contribution in [1.29, 1.82) is 0 Å². The summed E-state index contributed by atoms with van der Waals surface area (Å²) in [7, 11) is 0. The Labute approximate surface area is 120 Å². The van der Waals surface area contributed by atoms with Gasteiger partial charge in [0.15, 0.2) is 0 Å². The van der Waals surface area contributed by atoms with E-state index >= 15 is 0 Å². The second-order valence-electron chi connectivity index (χ2n) is 5.85. The van der Waals surface area contributed by atoms with Crippen molar-refractivity contribution in [2.24, 2.45) is 0 Å². The number of hydrogen-bond donors (Lipinski definition) is 1. The number of nitrogens with zero attached hydrogens (tertiary/aromatic N) is 1. The van der Waals surface area contributed by atoms with Crippen molar-refractivity contribution in [3.8, 4) is 5.75 Å². The van der Waals surface area contributed by atoms with Gasteiger partial charge in [-0.05, 0) is 51.2 Å². The summed E-state index contributed by atoms with van der Waals surface area (Å²) in [6.45, 7) is 4.33. The zero-order valence-corrected chi connectivity index (χ0v) is 12.2. The zero-order chi connectivity index (χ0) is 13.8. The van der Waals surface area contributed by atoms with E-state index in [9.17, 15) is 0 Å². The molecule has 0 amide bonds. The van der Waals surface area contributed by atoms with Gasteiger partial charge in [0.25, 0.3) is 0 Å². The molecule has 1 atom stereocenters. The average molecular weight is 276 g/mol. The Morgan fingerprint density at radius 2 is 2.20 bits per heavy atom. The quantitative estimate of drug-likeness (QED) is 0.867. The van der Waals surface area contributed by atoms with Crippen LogP contribution in [0, 0.1) is 6.92 Å². The largest absolute Gasteiger partial charge is 0.489 e. The van der Waals surface area contributed by atoms with Crippen LogP contribution in [-0.2, 0) is 11.3 Å². The maximum atomic E-state index is 5.96. The summed E-state index contributed by atoms with van der Waals surface area (Å²) in [5.74, 6) is 0.901. The number of aryl methyl sites for hydroxylation is 1. The molecule has 4 nitrogen and oxygen atoms in total. The Bertz CT molecular complexity index is 440. The molecule has 3 rings (SSSR count). The number of hydrogen-bond acceptors (Lipinski definition) is 4. The van der Waals surface area contributed by atoms with Crippen LogP contribution in [0.25, 0.3) is 0 Å². The molecule has 0 radical (unpaired) electrons. The van der Waals surface area contributed by atoms with Crippen molar-refractivity contribution in [3.63, 3.8) is 0 Å². The van der Waals surface area contributed by atoms with Crippen molar-refractivity contribution >= 4 is 0 Å². The number of pyridine rings is 1. The maximum absolute atomic E-state index is 5.96. The van der Waals surface area contributed by atoms with Crippen LogP contribution in [0.4, 0.5) is 0 Å². The first-order valence-corrected chi connectivity index (χ1v) is 7.75. The third-order valence-corrected chi connectivity index (χ3v) is 3.91. The molecule has 2 aliphatic rings. The molecule has 1 aliphatic carbocycles. The fraction of sp³-hybridized carbons (Fsp3) is 0.688. The Balaban J connectivity index is 1.58. The lowest BCUT2D eigenvalue weighted by Gasteiger charge is -2.23. The smallest absolute Gasteiger partial charge is 0.142 e. The molecule has 2 fully saturated rings. The van der Waals surface area contributed by atoms with E-state index in [1.165, 1.54) is 25.7 Å². The third-order valence-electron chi connectivity index (χ3n) is 3.91. The Morgan fingerprint density at radius 1 is 1.30 bits per heavy atom. The molecular weight excluding hydrogens is 252 g/mol. The van der Waals surface area contributed by atoms with Crippen LogP contribution >= 0.6 is 0 Å². The normalized spacial score (nSPS) is 22.8. The lowest BCUT2D eigenvalue weighted by atomic mass is 10.1. The van der Waals surface area contributed by atoms with Gasteiger partial charge < -0.3 is 14.8 Å². The molecule has 1 aromatic rings. The highest BCUT2D eigenvalue weighted by molar-refractivity contribution is 5.29. The number of nitrogens with one attached hydrogen (secondary N) is 1. The predicted molar refractivity (Wildman–Crippen MR) is 77.9 cm³/mol. The van der Waals surface area contributed by atoms with Crippen molar-refractivity contribution in [2.45, 2.75) is 57.7 Å². The van der Waals surface area contributed by atoms with Gasteiger partial charge in [-0.2, -0.15) is 0 Å². The summed E-state index contributed by atoms with van der Waals surface area (Å²) in [6, 6.07) is 4.74. The first-order valence-electron chi connectivity index (χ1n) is 7.75. The summed E-state index contributed by atoms with van der Waals surface area (Å²) < 4.78 is 11.7. The minimum Gasteiger partial charge on any atom is -0.489 e. The van der Waals surface area contributed by atoms with Gasteiger partial charge in [0.1, 0.15) is 12.4 Å². The van der Waals surface area contributed by atoms with Gasteiger partial charge in [-0.25, -0.2) is 0 Å². The molecule has 110 valence electrons. The molecule has 1 unspecified atom stereocenters. The van der Waals surface area contributed by atoms with Gasteiger partial charge in [0.05, 0.1) is 11.8 Å². The summed E-state index contributed by atoms with van der Waals surface area (Å²) in [4.78, 5) is 4.61. The average Bonchev–Trinajstić information content (AvgIpc) is 3.29. The monoisotopic (exact) mass is 276 g/mol. The SMILES string of the molecule is Cc1ccc(OCC2CCCCO2)c(CNC2CC2)n1. The molecule has 1 saturated heterocycles. The van der Waals surface area contributed by atoms with Crippen LogP contribution in [0.3, 0.4) is 0 Å². The van der Waals surface area contributed by atoms with Gasteiger partial charge in [-0.1, -0.05) is 0 Å². The minimum atomic E-state index is 0.245. The number of ether oxygens (including phenoxy) is 2. The first kappa shape index (κ1) is 13.8. The van der Waals surface area contributed by atoms with E-state index in [2.05, 4.69) is 10.3 Å². The predicted octanol–water partition coefficient (Wildman–Crippen LogP) is 2.59. The van der Waals surface area contributed by atoms with E-state index in [1.54, 1.807) is 0 Å². The van der Waals surface area contributed by atoms with E-state index in [0.29, 0.717) is 12.6 Å². The van der Waals surface area contributed by atoms with Crippen molar-refractivity contribution in [3.05, 3.63) is 23.5 Å². The molecule has 20 heavy (non-hydrogen) atoms. The van der Waals surface area contributed by atoms with Gasteiger partial charge in [-0.15, -0.1) is 0 Å². The fourth-order valence-electron chi connectivity index (χ4n) is 2.51. The van der Waals surface area contributed by atoms with E-state index in [0.717, 1.165) is 36.7 Å². The molecule has 1 saturated carbocycles. The summed E-state index contributed by atoms with van der Waals surface area (Å²) in [5.41, 5.74) is 2.06. The summed E-state index contributed by atoms with van der Waals surface area (Å²) >= 11 is 0. The van der Waals surface area contributed by atoms with Gasteiger partial charge in [0.2, 0.25) is 0 Å². The zero-order valence-electron chi connectivity index (χ0n) is 12.2. The van der Waals surface area contributed by atoms with Crippen LogP contribution < -0.4 is 10.1 Å². The van der Waals surface area contributed by atoms with E-state index in [-0.39, 0.29) is 6.10 Å². The molecule has 2 heterocycles. The molecule has 1 N–H and O–H groups in total. The van der Waals surface area contributed by atoms with Crippen molar-refractivity contribution < 1.29 is 9.47 Å². The third kappa shape index (κ3) is 3.93. The highest BCUT2D eigenvalue weighted by Gasteiger charge is 2.21. The van der Waals surface area contributed by atoms with Crippen molar-refractivity contribution in [1.82, 2.24) is 10.3 Å². The fourth-order valence-corrected chi connectivity index (χ4v) is 2.51. The van der Waals surface area contributed by atoms with E-state index < -0.39 is 0 Å². The van der Waals surface area contributed by atoms with Gasteiger partial charge >= 0.3 is 0 Å². The van der Waals surface area contributed by atoms with Crippen LogP contribution in [0.5, 0.6) is 5.75 Å². The topological polar surface area (TPSA) is 43.4 Å². The van der Waals surface area contributed by atoms with Crippen LogP contribution in [0.2, 0.25) is 0 Å². The number of rotatable bonds is 6. The van der Waals surface area contributed by atoms with Crippen molar-refractivity contribution in [2.75, 3.05) is 13.2 Å². The number of aromatic nitrogens is 1. The molecular formula is C16H24N2O2. The lowest BCUT2D eigenvalue weighted by Crippen LogP contribution is -2.26. The summed E-state index contributed by atoms with van der Waals surface area (Å²) in [5, 5.41) is 3.50. The highest BCUT2D eigenvalue weighted by atomic mass is 16.5. The van der Waals surface area contributed by atoms with Crippen LogP contribution in [0.1, 0.15) is 43.5 Å². The molecule has 4 heteroatoms. The second kappa shape index (κ2) is 6.55. The van der Waals surface area contributed by atoms with E-state index in [4.69, 9.17) is 9.47 Å².